The van der Waals surface area contributed by atoms with Crippen LogP contribution in [0.4, 0.5) is 0 Å². The molecule has 1 rings (SSSR count). The van der Waals surface area contributed by atoms with E-state index in [9.17, 15) is 0 Å². The predicted molar refractivity (Wildman–Crippen MR) is 94.7 cm³/mol. The lowest BCUT2D eigenvalue weighted by Crippen LogP contribution is -2.22. The Labute approximate surface area is 130 Å². The van der Waals surface area contributed by atoms with Crippen LogP contribution in [0.15, 0.2) is 60.7 Å². The van der Waals surface area contributed by atoms with Gasteiger partial charge in [-0.25, -0.2) is 0 Å². The molecule has 0 aliphatic heterocycles. The summed E-state index contributed by atoms with van der Waals surface area (Å²) in [4.78, 5) is 2.39. The lowest BCUT2D eigenvalue weighted by atomic mass is 10.1. The van der Waals surface area contributed by atoms with Gasteiger partial charge in [0.1, 0.15) is 0 Å². The lowest BCUT2D eigenvalue weighted by molar-refractivity contribution is 0.337. The van der Waals surface area contributed by atoms with Crippen LogP contribution < -0.4 is 0 Å². The number of hydrogen-bond donors (Lipinski definition) is 0. The van der Waals surface area contributed by atoms with Crippen molar-refractivity contribution in [3.63, 3.8) is 0 Å². The van der Waals surface area contributed by atoms with E-state index in [4.69, 9.17) is 0 Å². The number of allylic oxidation sites excluding steroid dienone is 5. The van der Waals surface area contributed by atoms with Crippen molar-refractivity contribution in [2.24, 2.45) is 0 Å². The molecule has 21 heavy (non-hydrogen) atoms. The van der Waals surface area contributed by atoms with E-state index < -0.39 is 0 Å². The largest absolute Gasteiger partial charge is 0.300 e. The van der Waals surface area contributed by atoms with Crippen molar-refractivity contribution in [1.29, 1.82) is 0 Å². The van der Waals surface area contributed by atoms with Crippen molar-refractivity contribution in [3.8, 4) is 0 Å². The summed E-state index contributed by atoms with van der Waals surface area (Å²) in [6.45, 7) is 9.80. The average Bonchev–Trinajstić information content (AvgIpc) is 2.51. The average molecular weight is 283 g/mol. The minimum Gasteiger partial charge on any atom is -0.300 e. The second-order valence-corrected chi connectivity index (χ2v) is 5.24. The summed E-state index contributed by atoms with van der Waals surface area (Å²) >= 11 is 0. The Morgan fingerprint density at radius 2 is 1.52 bits per heavy atom. The third-order valence-electron chi connectivity index (χ3n) is 3.55. The van der Waals surface area contributed by atoms with Crippen LogP contribution in [0.3, 0.4) is 0 Å². The molecule has 0 heterocycles. The quantitative estimate of drug-likeness (QED) is 0.458. The predicted octanol–water partition coefficient (Wildman–Crippen LogP) is 4.94. The highest BCUT2D eigenvalue weighted by Crippen LogP contribution is 2.04. The Morgan fingerprint density at radius 1 is 0.857 bits per heavy atom. The Balaban J connectivity index is 2.17. The zero-order valence-electron chi connectivity index (χ0n) is 13.8. The van der Waals surface area contributed by atoms with Crippen molar-refractivity contribution < 1.29 is 0 Å². The topological polar surface area (TPSA) is 3.24 Å². The van der Waals surface area contributed by atoms with Crippen LogP contribution >= 0.6 is 0 Å². The molecule has 1 aromatic rings. The van der Waals surface area contributed by atoms with Gasteiger partial charge in [0.05, 0.1) is 0 Å². The van der Waals surface area contributed by atoms with Crippen LogP contribution in [0, 0.1) is 6.92 Å². The number of rotatable bonds is 9. The molecule has 1 heteroatoms. The van der Waals surface area contributed by atoms with Gasteiger partial charge >= 0.3 is 0 Å². The summed E-state index contributed by atoms with van der Waals surface area (Å²) in [6, 6.07) is 8.74. The molecule has 1 nitrogen and oxygen atoms in total. The van der Waals surface area contributed by atoms with Crippen molar-refractivity contribution >= 4 is 0 Å². The number of nitrogens with zero attached hydrogens (tertiary/aromatic N) is 1. The number of benzene rings is 1. The SMILES string of the molecule is CCN(CC)C/C=C\C=C/C/C=C\Cc1ccc(C)cc1. The number of aryl methyl sites for hydroxylation is 1. The first-order valence-electron chi connectivity index (χ1n) is 8.00. The molecule has 1 aromatic carbocycles. The number of likely N-dealkylation sites (N-methyl/N-ethyl adjacent to an activating group) is 1. The molecule has 0 atom stereocenters. The highest BCUT2D eigenvalue weighted by Gasteiger charge is 1.92. The standard InChI is InChI=1S/C20H29N/c1-4-21(5-2)18-12-10-8-6-7-9-11-13-20-16-14-19(3)15-17-20/h6,8-12,14-17H,4-5,7,13,18H2,1-3H3/b8-6-,11-9-,12-10-. The van der Waals surface area contributed by atoms with Gasteiger partial charge in [0.25, 0.3) is 0 Å². The van der Waals surface area contributed by atoms with Gasteiger partial charge in [-0.1, -0.05) is 80.1 Å². The molecule has 114 valence electrons. The van der Waals surface area contributed by atoms with Crippen LogP contribution in [0.2, 0.25) is 0 Å². The molecule has 0 aliphatic rings. The number of hydrogen-bond acceptors (Lipinski definition) is 1. The Bertz CT molecular complexity index is 447. The van der Waals surface area contributed by atoms with E-state index in [1.54, 1.807) is 0 Å². The summed E-state index contributed by atoms with van der Waals surface area (Å²) in [5.41, 5.74) is 2.70. The summed E-state index contributed by atoms with van der Waals surface area (Å²) < 4.78 is 0. The summed E-state index contributed by atoms with van der Waals surface area (Å²) in [5, 5.41) is 0. The molecular weight excluding hydrogens is 254 g/mol. The zero-order chi connectivity index (χ0) is 15.3. The molecule has 0 fully saturated rings. The maximum atomic E-state index is 2.39. The summed E-state index contributed by atoms with van der Waals surface area (Å²) in [6.07, 6.45) is 15.2. The van der Waals surface area contributed by atoms with E-state index in [1.165, 1.54) is 11.1 Å². The molecule has 0 N–H and O–H groups in total. The van der Waals surface area contributed by atoms with Gasteiger partial charge in [-0.05, 0) is 38.4 Å². The second-order valence-electron chi connectivity index (χ2n) is 5.24. The maximum Gasteiger partial charge on any atom is 0.0166 e. The molecule has 0 radical (unpaired) electrons. The van der Waals surface area contributed by atoms with Gasteiger partial charge in [0, 0.05) is 6.54 Å². The fraction of sp³-hybridized carbons (Fsp3) is 0.400. The van der Waals surface area contributed by atoms with E-state index in [0.717, 1.165) is 32.5 Å². The van der Waals surface area contributed by atoms with Crippen LogP contribution in [0.1, 0.15) is 31.4 Å². The van der Waals surface area contributed by atoms with Gasteiger partial charge < -0.3 is 4.90 Å². The smallest absolute Gasteiger partial charge is 0.0166 e. The van der Waals surface area contributed by atoms with E-state index in [1.807, 2.05) is 0 Å². The van der Waals surface area contributed by atoms with Gasteiger partial charge in [0.2, 0.25) is 0 Å². The third-order valence-corrected chi connectivity index (χ3v) is 3.55. The minimum atomic E-state index is 1.00. The third kappa shape index (κ3) is 8.31. The molecule has 0 amide bonds. The molecular formula is C20H29N. The molecule has 0 aliphatic carbocycles. The molecule has 0 aromatic heterocycles. The fourth-order valence-corrected chi connectivity index (χ4v) is 2.05. The molecule has 0 unspecified atom stereocenters. The van der Waals surface area contributed by atoms with Gasteiger partial charge in [-0.15, -0.1) is 0 Å². The molecule has 0 bridgehead atoms. The first-order chi connectivity index (χ1) is 10.3. The molecule has 0 saturated carbocycles. The Hall–Kier alpha value is -1.60. The van der Waals surface area contributed by atoms with Crippen LogP contribution in [-0.2, 0) is 6.42 Å². The van der Waals surface area contributed by atoms with E-state index in [2.05, 4.69) is 86.4 Å². The van der Waals surface area contributed by atoms with Gasteiger partial charge in [-0.2, -0.15) is 0 Å². The highest BCUT2D eigenvalue weighted by molar-refractivity contribution is 5.23. The van der Waals surface area contributed by atoms with E-state index in [-0.39, 0.29) is 0 Å². The van der Waals surface area contributed by atoms with Crippen molar-refractivity contribution in [1.82, 2.24) is 4.90 Å². The van der Waals surface area contributed by atoms with Crippen molar-refractivity contribution in [3.05, 3.63) is 71.8 Å². The first kappa shape index (κ1) is 17.5. The fourth-order valence-electron chi connectivity index (χ4n) is 2.05. The molecule has 0 saturated heterocycles. The van der Waals surface area contributed by atoms with Crippen LogP contribution in [-0.4, -0.2) is 24.5 Å². The summed E-state index contributed by atoms with van der Waals surface area (Å²) in [5.74, 6) is 0. The van der Waals surface area contributed by atoms with Crippen LogP contribution in [0.5, 0.6) is 0 Å². The van der Waals surface area contributed by atoms with Crippen molar-refractivity contribution in [2.45, 2.75) is 33.6 Å². The monoisotopic (exact) mass is 283 g/mol. The van der Waals surface area contributed by atoms with Gasteiger partial charge in [0.15, 0.2) is 0 Å². The maximum absolute atomic E-state index is 2.39. The zero-order valence-corrected chi connectivity index (χ0v) is 13.8. The van der Waals surface area contributed by atoms with E-state index >= 15 is 0 Å². The minimum absolute atomic E-state index is 1.00. The van der Waals surface area contributed by atoms with Gasteiger partial charge in [-0.3, -0.25) is 0 Å². The van der Waals surface area contributed by atoms with E-state index in [0.29, 0.717) is 0 Å². The normalized spacial score (nSPS) is 12.4. The second kappa shape index (κ2) is 11.1. The Morgan fingerprint density at radius 3 is 2.19 bits per heavy atom. The highest BCUT2D eigenvalue weighted by atomic mass is 15.1. The Kier molecular flexibility index (Phi) is 9.23. The lowest BCUT2D eigenvalue weighted by Gasteiger charge is -2.14. The first-order valence-corrected chi connectivity index (χ1v) is 8.00. The van der Waals surface area contributed by atoms with Crippen molar-refractivity contribution in [2.75, 3.05) is 19.6 Å². The van der Waals surface area contributed by atoms with Crippen LogP contribution in [0.25, 0.3) is 0 Å². The molecule has 0 spiro atoms. The summed E-state index contributed by atoms with van der Waals surface area (Å²) in [7, 11) is 0.